The highest BCUT2D eigenvalue weighted by Gasteiger charge is 2.08. The fourth-order valence-electron chi connectivity index (χ4n) is 1.86. The van der Waals surface area contributed by atoms with Crippen molar-refractivity contribution < 1.29 is 4.42 Å². The second-order valence-corrected chi connectivity index (χ2v) is 5.39. The largest absolute Gasteiger partial charge is 0.461 e. The van der Waals surface area contributed by atoms with Gasteiger partial charge in [-0.2, -0.15) is 0 Å². The second kappa shape index (κ2) is 8.21. The van der Waals surface area contributed by atoms with Crippen molar-refractivity contribution in [3.8, 4) is 11.6 Å². The van der Waals surface area contributed by atoms with Crippen LogP contribution < -0.4 is 10.6 Å². The van der Waals surface area contributed by atoms with Crippen LogP contribution in [0, 0.1) is 5.92 Å². The lowest BCUT2D eigenvalue weighted by Crippen LogP contribution is -2.38. The fourth-order valence-corrected chi connectivity index (χ4v) is 1.86. The van der Waals surface area contributed by atoms with Crippen LogP contribution in [0.5, 0.6) is 0 Å². The molecule has 0 fully saturated rings. The molecular formula is C15H24N6O. The van der Waals surface area contributed by atoms with Gasteiger partial charge in [0.05, 0.1) is 6.26 Å². The number of hydrogen-bond donors (Lipinski definition) is 3. The average molecular weight is 304 g/mol. The monoisotopic (exact) mass is 304 g/mol. The van der Waals surface area contributed by atoms with Crippen LogP contribution in [0.15, 0.2) is 27.8 Å². The maximum atomic E-state index is 5.27. The van der Waals surface area contributed by atoms with E-state index in [1.165, 1.54) is 0 Å². The normalized spacial score (nSPS) is 11.9. The van der Waals surface area contributed by atoms with Crippen molar-refractivity contribution >= 4 is 5.96 Å². The summed E-state index contributed by atoms with van der Waals surface area (Å²) in [6.45, 7) is 8.61. The Kier molecular flexibility index (Phi) is 6.00. The quantitative estimate of drug-likeness (QED) is 0.538. The summed E-state index contributed by atoms with van der Waals surface area (Å²) in [7, 11) is 0. The first-order chi connectivity index (χ1) is 10.7. The fraction of sp³-hybridized carbons (Fsp3) is 0.533. The van der Waals surface area contributed by atoms with Crippen molar-refractivity contribution in [2.75, 3.05) is 13.1 Å². The number of nitrogens with zero attached hydrogens (tertiary/aromatic N) is 3. The zero-order valence-corrected chi connectivity index (χ0v) is 13.4. The Morgan fingerprint density at radius 1 is 1.41 bits per heavy atom. The summed E-state index contributed by atoms with van der Waals surface area (Å²) >= 11 is 0. The minimum absolute atomic E-state index is 0.435. The predicted molar refractivity (Wildman–Crippen MR) is 86.4 cm³/mol. The molecular weight excluding hydrogens is 280 g/mol. The molecule has 2 aromatic rings. The van der Waals surface area contributed by atoms with E-state index >= 15 is 0 Å². The van der Waals surface area contributed by atoms with Crippen molar-refractivity contribution in [3.05, 3.63) is 24.2 Å². The van der Waals surface area contributed by atoms with Gasteiger partial charge in [-0.3, -0.25) is 5.10 Å². The van der Waals surface area contributed by atoms with Gasteiger partial charge in [-0.25, -0.2) is 9.98 Å². The van der Waals surface area contributed by atoms with Gasteiger partial charge in [0.15, 0.2) is 11.7 Å². The molecule has 7 nitrogen and oxygen atoms in total. The van der Waals surface area contributed by atoms with Crippen LogP contribution in [0.4, 0.5) is 0 Å². The molecule has 3 N–H and O–H groups in total. The molecule has 0 radical (unpaired) electrons. The van der Waals surface area contributed by atoms with Crippen LogP contribution in [0.2, 0.25) is 0 Å². The summed E-state index contributed by atoms with van der Waals surface area (Å²) in [6.07, 6.45) is 2.71. The van der Waals surface area contributed by atoms with Crippen molar-refractivity contribution in [3.63, 3.8) is 0 Å². The number of furan rings is 1. The third-order valence-corrected chi connectivity index (χ3v) is 3.02. The van der Waals surface area contributed by atoms with E-state index in [2.05, 4.69) is 44.7 Å². The third-order valence-electron chi connectivity index (χ3n) is 3.02. The van der Waals surface area contributed by atoms with Gasteiger partial charge >= 0.3 is 0 Å². The lowest BCUT2D eigenvalue weighted by molar-refractivity contribution is 0.573. The molecule has 0 aliphatic carbocycles. The first kappa shape index (κ1) is 16.1. The number of aromatic nitrogens is 3. The van der Waals surface area contributed by atoms with Crippen molar-refractivity contribution in [2.45, 2.75) is 33.7 Å². The molecule has 0 saturated heterocycles. The van der Waals surface area contributed by atoms with Gasteiger partial charge in [-0.05, 0) is 31.4 Å². The number of guanidine groups is 1. The van der Waals surface area contributed by atoms with E-state index in [-0.39, 0.29) is 0 Å². The van der Waals surface area contributed by atoms with Gasteiger partial charge in [0, 0.05) is 13.1 Å². The first-order valence-corrected chi connectivity index (χ1v) is 7.66. The van der Waals surface area contributed by atoms with Gasteiger partial charge in [0.25, 0.3) is 0 Å². The highest BCUT2D eigenvalue weighted by Crippen LogP contribution is 2.14. The number of H-pyrrole nitrogens is 1. The molecule has 0 spiro atoms. The summed E-state index contributed by atoms with van der Waals surface area (Å²) in [5, 5.41) is 13.5. The number of nitrogens with one attached hydrogen (secondary N) is 3. The summed E-state index contributed by atoms with van der Waals surface area (Å²) in [5.41, 5.74) is 0. The van der Waals surface area contributed by atoms with E-state index in [4.69, 9.17) is 4.42 Å². The summed E-state index contributed by atoms with van der Waals surface area (Å²) in [4.78, 5) is 8.88. The topological polar surface area (TPSA) is 91.1 Å². The van der Waals surface area contributed by atoms with Crippen LogP contribution in [-0.4, -0.2) is 34.2 Å². The lowest BCUT2D eigenvalue weighted by Gasteiger charge is -2.11. The maximum absolute atomic E-state index is 5.27. The Balaban J connectivity index is 1.92. The van der Waals surface area contributed by atoms with Gasteiger partial charge in [0.2, 0.25) is 5.82 Å². The first-order valence-electron chi connectivity index (χ1n) is 7.66. The maximum Gasteiger partial charge on any atom is 0.216 e. The molecule has 0 saturated carbocycles. The Bertz CT molecular complexity index is 573. The van der Waals surface area contributed by atoms with Crippen molar-refractivity contribution in [2.24, 2.45) is 10.9 Å². The van der Waals surface area contributed by atoms with Gasteiger partial charge in [0.1, 0.15) is 12.4 Å². The van der Waals surface area contributed by atoms with Gasteiger partial charge in [-0.15, -0.1) is 5.10 Å². The average Bonchev–Trinajstić information content (AvgIpc) is 3.15. The van der Waals surface area contributed by atoms with E-state index in [0.717, 1.165) is 25.5 Å². The van der Waals surface area contributed by atoms with Gasteiger partial charge in [-0.1, -0.05) is 13.8 Å². The third kappa shape index (κ3) is 4.91. The molecule has 2 aromatic heterocycles. The smallest absolute Gasteiger partial charge is 0.216 e. The molecule has 0 atom stereocenters. The summed E-state index contributed by atoms with van der Waals surface area (Å²) in [6, 6.07) is 3.64. The molecule has 0 unspecified atom stereocenters. The van der Waals surface area contributed by atoms with E-state index in [1.807, 2.05) is 19.1 Å². The molecule has 0 amide bonds. The Hall–Kier alpha value is -2.31. The Labute approximate surface area is 130 Å². The molecule has 7 heteroatoms. The number of aromatic amines is 1. The number of aliphatic imine (C=N–C) groups is 1. The van der Waals surface area contributed by atoms with Crippen molar-refractivity contribution in [1.82, 2.24) is 25.8 Å². The van der Waals surface area contributed by atoms with E-state index in [0.29, 0.717) is 29.9 Å². The van der Waals surface area contributed by atoms with Crippen LogP contribution in [0.1, 0.15) is 33.0 Å². The predicted octanol–water partition coefficient (Wildman–Crippen LogP) is 2.17. The van der Waals surface area contributed by atoms with Crippen LogP contribution in [0.3, 0.4) is 0 Å². The Morgan fingerprint density at radius 3 is 2.95 bits per heavy atom. The second-order valence-electron chi connectivity index (χ2n) is 5.39. The summed E-state index contributed by atoms with van der Waals surface area (Å²) in [5.74, 6) is 3.36. The number of hydrogen-bond acceptors (Lipinski definition) is 4. The Morgan fingerprint density at radius 2 is 2.27 bits per heavy atom. The molecule has 120 valence electrons. The van der Waals surface area contributed by atoms with Crippen LogP contribution in [-0.2, 0) is 6.54 Å². The van der Waals surface area contributed by atoms with Crippen LogP contribution >= 0.6 is 0 Å². The molecule has 0 aliphatic rings. The van der Waals surface area contributed by atoms with E-state index < -0.39 is 0 Å². The van der Waals surface area contributed by atoms with E-state index in [9.17, 15) is 0 Å². The van der Waals surface area contributed by atoms with E-state index in [1.54, 1.807) is 6.26 Å². The van der Waals surface area contributed by atoms with Gasteiger partial charge < -0.3 is 15.1 Å². The molecule has 0 bridgehead atoms. The molecule has 22 heavy (non-hydrogen) atoms. The molecule has 0 aliphatic heterocycles. The standard InChI is InChI=1S/C15H24N6O/c1-4-16-15(17-8-7-11(2)3)18-10-13-19-14(21-20-13)12-6-5-9-22-12/h5-6,9,11H,4,7-8,10H2,1-3H3,(H2,16,17,18)(H,19,20,21). The zero-order valence-electron chi connectivity index (χ0n) is 13.4. The summed E-state index contributed by atoms with van der Waals surface area (Å²) < 4.78 is 5.27. The molecule has 2 heterocycles. The highest BCUT2D eigenvalue weighted by atomic mass is 16.3. The zero-order chi connectivity index (χ0) is 15.8. The van der Waals surface area contributed by atoms with Crippen molar-refractivity contribution in [1.29, 1.82) is 0 Å². The number of rotatable bonds is 7. The molecule has 2 rings (SSSR count). The lowest BCUT2D eigenvalue weighted by atomic mass is 10.1. The molecule has 0 aromatic carbocycles. The highest BCUT2D eigenvalue weighted by molar-refractivity contribution is 5.79. The minimum Gasteiger partial charge on any atom is -0.461 e. The van der Waals surface area contributed by atoms with Crippen LogP contribution in [0.25, 0.3) is 11.6 Å². The SMILES string of the molecule is CCNC(=NCc1nc(-c2ccco2)n[nH]1)NCCC(C)C. The minimum atomic E-state index is 0.435.